The first-order valence-corrected chi connectivity index (χ1v) is 11.9. The van der Waals surface area contributed by atoms with Gasteiger partial charge in [0, 0.05) is 0 Å². The molecule has 2 aliphatic rings. The van der Waals surface area contributed by atoms with Crippen LogP contribution in [0, 0.1) is 6.92 Å². The highest BCUT2D eigenvalue weighted by Crippen LogP contribution is 2.48. The molecule has 1 aliphatic heterocycles. The molecular weight excluding hydrogens is 402 g/mol. The molecule has 3 nitrogen and oxygen atoms in total. The molecule has 0 bridgehead atoms. The van der Waals surface area contributed by atoms with Crippen molar-refractivity contribution in [3.8, 4) is 11.1 Å². The average Bonchev–Trinajstić information content (AvgIpc) is 3.02. The first-order valence-electron chi connectivity index (χ1n) is 11.1. The van der Waals surface area contributed by atoms with Gasteiger partial charge >= 0.3 is 0 Å². The summed E-state index contributed by atoms with van der Waals surface area (Å²) in [7, 11) is 0. The molecule has 1 N–H and O–H groups in total. The smallest absolute Gasteiger partial charge is 0.282 e. The summed E-state index contributed by atoms with van der Waals surface area (Å²) in [5.41, 5.74) is 9.38. The second kappa shape index (κ2) is 7.67. The molecule has 0 unspecified atom stereocenters. The third-order valence-electron chi connectivity index (χ3n) is 6.94. The maximum Gasteiger partial charge on any atom is 0.290 e. The molecule has 1 saturated heterocycles. The lowest BCUT2D eigenvalue weighted by atomic mass is 9.62. The van der Waals surface area contributed by atoms with Crippen molar-refractivity contribution in [2.24, 2.45) is 0 Å². The first-order chi connectivity index (χ1) is 14.5. The molecule has 162 valence electrons. The van der Waals surface area contributed by atoms with Crippen LogP contribution in [0.1, 0.15) is 75.3 Å². The largest absolute Gasteiger partial charge is 0.290 e. The second-order valence-corrected chi connectivity index (χ2v) is 11.1. The minimum atomic E-state index is -0.312. The molecular formula is C27H31NO2S. The number of thioether (sulfide) groups is 1. The van der Waals surface area contributed by atoms with Crippen LogP contribution >= 0.6 is 11.8 Å². The fraction of sp³-hybridized carbons (Fsp3) is 0.407. The van der Waals surface area contributed by atoms with Crippen LogP contribution in [0.15, 0.2) is 35.2 Å². The third-order valence-corrected chi connectivity index (χ3v) is 7.75. The molecule has 2 aromatic carbocycles. The highest BCUT2D eigenvalue weighted by atomic mass is 32.2. The lowest BCUT2D eigenvalue weighted by Crippen LogP contribution is -2.34. The van der Waals surface area contributed by atoms with E-state index in [0.29, 0.717) is 4.91 Å². The number of benzene rings is 2. The standard InChI is InChI=1S/C27H31NO2S/c1-7-18-13-17(14-23-24(29)28-25(30)31-23)8-9-19(18)20-15-22-21(12-16(20)2)26(3,4)10-11-27(22,5)6/h8-9,12-15H,7,10-11H2,1-6H3,(H,28,29,30)/b23-14+. The van der Waals surface area contributed by atoms with Crippen LogP contribution in [0.25, 0.3) is 17.2 Å². The van der Waals surface area contributed by atoms with E-state index in [1.54, 1.807) is 6.08 Å². The molecule has 1 fully saturated rings. The third kappa shape index (κ3) is 3.98. The summed E-state index contributed by atoms with van der Waals surface area (Å²) in [6.45, 7) is 13.8. The van der Waals surface area contributed by atoms with E-state index < -0.39 is 0 Å². The van der Waals surface area contributed by atoms with Crippen molar-refractivity contribution in [2.45, 2.75) is 71.6 Å². The quantitative estimate of drug-likeness (QED) is 0.536. The molecule has 0 radical (unpaired) electrons. The summed E-state index contributed by atoms with van der Waals surface area (Å²) in [5, 5.41) is 2.01. The number of aryl methyl sites for hydroxylation is 2. The normalized spacial score (nSPS) is 20.6. The number of fused-ring (bicyclic) bond motifs is 1. The van der Waals surface area contributed by atoms with Crippen LogP contribution in [0.5, 0.6) is 0 Å². The zero-order valence-electron chi connectivity index (χ0n) is 19.3. The Morgan fingerprint density at radius 3 is 2.19 bits per heavy atom. The number of imide groups is 1. The summed E-state index contributed by atoms with van der Waals surface area (Å²) in [5.74, 6) is -0.312. The predicted octanol–water partition coefficient (Wildman–Crippen LogP) is 6.90. The Hall–Kier alpha value is -2.33. The summed E-state index contributed by atoms with van der Waals surface area (Å²) >= 11 is 0.961. The topological polar surface area (TPSA) is 46.2 Å². The van der Waals surface area contributed by atoms with E-state index in [0.717, 1.165) is 23.7 Å². The maximum atomic E-state index is 11.9. The van der Waals surface area contributed by atoms with Gasteiger partial charge in [0.2, 0.25) is 0 Å². The van der Waals surface area contributed by atoms with Gasteiger partial charge in [0.1, 0.15) is 0 Å². The van der Waals surface area contributed by atoms with E-state index in [1.807, 2.05) is 6.07 Å². The number of hydrogen-bond acceptors (Lipinski definition) is 3. The molecule has 0 aromatic heterocycles. The Labute approximate surface area is 189 Å². The van der Waals surface area contributed by atoms with Crippen molar-refractivity contribution >= 4 is 29.0 Å². The van der Waals surface area contributed by atoms with Gasteiger partial charge < -0.3 is 0 Å². The number of carbonyl (C=O) groups is 2. The molecule has 0 atom stereocenters. The summed E-state index contributed by atoms with van der Waals surface area (Å²) < 4.78 is 0. The second-order valence-electron chi connectivity index (χ2n) is 10.1. The van der Waals surface area contributed by atoms with Gasteiger partial charge in [0.05, 0.1) is 4.91 Å². The van der Waals surface area contributed by atoms with Crippen LogP contribution in [0.3, 0.4) is 0 Å². The monoisotopic (exact) mass is 433 g/mol. The van der Waals surface area contributed by atoms with Gasteiger partial charge in [0.25, 0.3) is 11.1 Å². The van der Waals surface area contributed by atoms with Gasteiger partial charge in [0.15, 0.2) is 0 Å². The Kier molecular flexibility index (Phi) is 5.41. The van der Waals surface area contributed by atoms with Crippen LogP contribution in [-0.4, -0.2) is 11.1 Å². The van der Waals surface area contributed by atoms with Crippen molar-refractivity contribution in [3.05, 3.63) is 63.1 Å². The number of amides is 2. The van der Waals surface area contributed by atoms with E-state index in [4.69, 9.17) is 0 Å². The summed E-state index contributed by atoms with van der Waals surface area (Å²) in [6, 6.07) is 11.2. The molecule has 1 heterocycles. The first kappa shape index (κ1) is 21.9. The summed E-state index contributed by atoms with van der Waals surface area (Å²) in [6.07, 6.45) is 5.11. The lowest BCUT2D eigenvalue weighted by molar-refractivity contribution is -0.115. The lowest BCUT2D eigenvalue weighted by Gasteiger charge is -2.42. The Balaban J connectivity index is 1.81. The van der Waals surface area contributed by atoms with Gasteiger partial charge in [-0.25, -0.2) is 0 Å². The van der Waals surface area contributed by atoms with E-state index in [1.165, 1.54) is 46.2 Å². The van der Waals surface area contributed by atoms with E-state index in [-0.39, 0.29) is 22.0 Å². The van der Waals surface area contributed by atoms with Crippen LogP contribution in [0.2, 0.25) is 0 Å². The predicted molar refractivity (Wildman–Crippen MR) is 130 cm³/mol. The molecule has 4 rings (SSSR count). The van der Waals surface area contributed by atoms with Crippen molar-refractivity contribution < 1.29 is 9.59 Å². The number of nitrogens with one attached hydrogen (secondary N) is 1. The maximum absolute atomic E-state index is 11.9. The van der Waals surface area contributed by atoms with E-state index in [9.17, 15) is 9.59 Å². The van der Waals surface area contributed by atoms with Crippen molar-refractivity contribution in [1.82, 2.24) is 5.32 Å². The number of carbonyl (C=O) groups excluding carboxylic acids is 2. The number of hydrogen-bond donors (Lipinski definition) is 1. The SMILES string of the molecule is CCc1cc(/C=C2/SC(=O)NC2=O)ccc1-c1cc2c(cc1C)C(C)(C)CCC2(C)C. The molecule has 31 heavy (non-hydrogen) atoms. The number of rotatable bonds is 3. The molecule has 1 aliphatic carbocycles. The van der Waals surface area contributed by atoms with Crippen molar-refractivity contribution in [1.29, 1.82) is 0 Å². The average molecular weight is 434 g/mol. The highest BCUT2D eigenvalue weighted by molar-refractivity contribution is 8.18. The highest BCUT2D eigenvalue weighted by Gasteiger charge is 2.37. The van der Waals surface area contributed by atoms with Crippen molar-refractivity contribution in [2.75, 3.05) is 0 Å². The Morgan fingerprint density at radius 2 is 1.61 bits per heavy atom. The zero-order chi connectivity index (χ0) is 22.6. The van der Waals surface area contributed by atoms with Gasteiger partial charge in [-0.05, 0) is 93.8 Å². The molecule has 2 amide bonds. The van der Waals surface area contributed by atoms with Gasteiger partial charge in [-0.2, -0.15) is 0 Å². The van der Waals surface area contributed by atoms with Gasteiger partial charge in [-0.15, -0.1) is 0 Å². The molecule has 0 spiro atoms. The van der Waals surface area contributed by atoms with Crippen LogP contribution < -0.4 is 5.32 Å². The van der Waals surface area contributed by atoms with E-state index in [2.05, 4.69) is 71.1 Å². The molecule has 2 aromatic rings. The Morgan fingerprint density at radius 1 is 0.968 bits per heavy atom. The van der Waals surface area contributed by atoms with Crippen LogP contribution in [0.4, 0.5) is 4.79 Å². The van der Waals surface area contributed by atoms with Crippen LogP contribution in [-0.2, 0) is 22.0 Å². The van der Waals surface area contributed by atoms with Gasteiger partial charge in [-0.1, -0.05) is 65.0 Å². The molecule has 0 saturated carbocycles. The van der Waals surface area contributed by atoms with E-state index >= 15 is 0 Å². The fourth-order valence-electron chi connectivity index (χ4n) is 4.84. The Bertz CT molecular complexity index is 1120. The fourth-order valence-corrected chi connectivity index (χ4v) is 5.53. The summed E-state index contributed by atoms with van der Waals surface area (Å²) in [4.78, 5) is 23.8. The minimum absolute atomic E-state index is 0.170. The van der Waals surface area contributed by atoms with Crippen molar-refractivity contribution in [3.63, 3.8) is 0 Å². The zero-order valence-corrected chi connectivity index (χ0v) is 20.1. The minimum Gasteiger partial charge on any atom is -0.282 e. The van der Waals surface area contributed by atoms with Gasteiger partial charge in [-0.3, -0.25) is 14.9 Å². The molecule has 4 heteroatoms.